The van der Waals surface area contributed by atoms with Gasteiger partial charge in [0.05, 0.1) is 11.1 Å². The molecule has 21 heavy (non-hydrogen) atoms. The van der Waals surface area contributed by atoms with E-state index in [0.717, 1.165) is 22.7 Å². The maximum Gasteiger partial charge on any atom is 0.416 e. The highest BCUT2D eigenvalue weighted by Crippen LogP contribution is 2.35. The lowest BCUT2D eigenvalue weighted by Gasteiger charge is -2.11. The molecule has 1 aromatic carbocycles. The van der Waals surface area contributed by atoms with Crippen molar-refractivity contribution in [3.63, 3.8) is 0 Å². The molecule has 0 saturated carbocycles. The fourth-order valence-corrected chi connectivity index (χ4v) is 2.06. The number of hydrogen-bond acceptors (Lipinski definition) is 5. The van der Waals surface area contributed by atoms with Gasteiger partial charge in [0.1, 0.15) is 11.3 Å². The molecule has 7 nitrogen and oxygen atoms in total. The number of hydrogen-bond donors (Lipinski definition) is 2. The molecule has 3 aromatic rings. The van der Waals surface area contributed by atoms with Gasteiger partial charge < -0.3 is 10.8 Å². The van der Waals surface area contributed by atoms with E-state index in [9.17, 15) is 23.1 Å². The van der Waals surface area contributed by atoms with Crippen LogP contribution >= 0.6 is 0 Å². The van der Waals surface area contributed by atoms with E-state index < -0.39 is 23.4 Å². The first-order valence-electron chi connectivity index (χ1n) is 5.54. The monoisotopic (exact) mass is 297 g/mol. The molecule has 0 aliphatic heterocycles. The van der Waals surface area contributed by atoms with Crippen molar-refractivity contribution in [3.05, 3.63) is 29.3 Å². The molecule has 3 N–H and O–H groups in total. The normalized spacial score (nSPS) is 12.1. The predicted octanol–water partition coefficient (Wildman–Crippen LogP) is 1.10. The summed E-state index contributed by atoms with van der Waals surface area (Å²) < 4.78 is 39.2. The molecule has 0 bridgehead atoms. The number of primary amides is 1. The number of pyridine rings is 1. The number of aromatic hydroxyl groups is 1. The third-order valence-corrected chi connectivity index (χ3v) is 2.98. The maximum atomic E-state index is 12.8. The molecule has 3 rings (SSSR count). The molecule has 0 aliphatic carbocycles. The summed E-state index contributed by atoms with van der Waals surface area (Å²) in [6.07, 6.45) is -4.56. The van der Waals surface area contributed by atoms with Crippen molar-refractivity contribution in [1.82, 2.24) is 20.0 Å². The highest BCUT2D eigenvalue weighted by atomic mass is 19.4. The van der Waals surface area contributed by atoms with E-state index in [4.69, 9.17) is 5.73 Å². The van der Waals surface area contributed by atoms with Crippen LogP contribution in [0.2, 0.25) is 0 Å². The average molecular weight is 297 g/mol. The molecule has 1 amide bonds. The van der Waals surface area contributed by atoms with E-state index in [0.29, 0.717) is 0 Å². The number of carbonyl (C=O) groups excluding carboxylic acids is 1. The highest BCUT2D eigenvalue weighted by molar-refractivity contribution is 6.07. The van der Waals surface area contributed by atoms with E-state index in [-0.39, 0.29) is 22.1 Å². The van der Waals surface area contributed by atoms with Gasteiger partial charge in [-0.05, 0) is 28.6 Å². The Kier molecular flexibility index (Phi) is 2.52. The molecule has 0 saturated heterocycles. The van der Waals surface area contributed by atoms with Crippen molar-refractivity contribution in [2.75, 3.05) is 0 Å². The van der Waals surface area contributed by atoms with Crippen LogP contribution in [-0.4, -0.2) is 31.1 Å². The number of aromatic nitrogens is 4. The Hall–Kier alpha value is -2.91. The van der Waals surface area contributed by atoms with E-state index in [1.54, 1.807) is 0 Å². The first-order valence-corrected chi connectivity index (χ1v) is 5.54. The Morgan fingerprint density at radius 2 is 2.05 bits per heavy atom. The van der Waals surface area contributed by atoms with Gasteiger partial charge in [0.15, 0.2) is 5.65 Å². The summed E-state index contributed by atoms with van der Waals surface area (Å²) in [5, 5.41) is 20.3. The summed E-state index contributed by atoms with van der Waals surface area (Å²) in [5.41, 5.74) is 3.55. The molecule has 2 heterocycles. The lowest BCUT2D eigenvalue weighted by molar-refractivity contribution is -0.137. The van der Waals surface area contributed by atoms with Crippen LogP contribution in [0.3, 0.4) is 0 Å². The van der Waals surface area contributed by atoms with E-state index in [1.807, 2.05) is 0 Å². The lowest BCUT2D eigenvalue weighted by atomic mass is 10.1. The number of benzene rings is 1. The molecule has 108 valence electrons. The number of rotatable bonds is 1. The second-order valence-corrected chi connectivity index (χ2v) is 4.23. The molecule has 0 spiro atoms. The van der Waals surface area contributed by atoms with Crippen LogP contribution < -0.4 is 5.73 Å². The van der Waals surface area contributed by atoms with Crippen LogP contribution in [0.4, 0.5) is 13.2 Å². The number of alkyl halides is 3. The maximum absolute atomic E-state index is 12.8. The van der Waals surface area contributed by atoms with Crippen molar-refractivity contribution in [2.45, 2.75) is 6.18 Å². The largest absolute Gasteiger partial charge is 0.506 e. The van der Waals surface area contributed by atoms with Gasteiger partial charge in [0, 0.05) is 5.39 Å². The van der Waals surface area contributed by atoms with Gasteiger partial charge >= 0.3 is 6.18 Å². The summed E-state index contributed by atoms with van der Waals surface area (Å²) in [5.74, 6) is -1.55. The minimum Gasteiger partial charge on any atom is -0.506 e. The average Bonchev–Trinajstić information content (AvgIpc) is 2.86. The first-order chi connectivity index (χ1) is 9.80. The molecule has 10 heteroatoms. The number of halogens is 3. The molecule has 0 atom stereocenters. The quantitative estimate of drug-likeness (QED) is 0.699. The van der Waals surface area contributed by atoms with Gasteiger partial charge in [-0.2, -0.15) is 17.7 Å². The number of nitrogens with two attached hydrogens (primary N) is 1. The summed E-state index contributed by atoms with van der Waals surface area (Å²) in [4.78, 5) is 11.4. The van der Waals surface area contributed by atoms with E-state index in [2.05, 4.69) is 15.5 Å². The SMILES string of the molecule is NC(=O)c1c(O)c2ccc(C(F)(F)F)cc2n2nnnc12. The van der Waals surface area contributed by atoms with Crippen LogP contribution in [0, 0.1) is 0 Å². The second-order valence-electron chi connectivity index (χ2n) is 4.23. The standard InChI is InChI=1S/C11H6F3N5O2/c12-11(13,14)4-1-2-5-6(3-4)19-10(16-17-18-19)7(8(5)20)9(15)21/h1-3,20H,(H2,15,21). The highest BCUT2D eigenvalue weighted by Gasteiger charge is 2.31. The van der Waals surface area contributed by atoms with Crippen LogP contribution in [0.15, 0.2) is 18.2 Å². The van der Waals surface area contributed by atoms with Gasteiger partial charge in [-0.1, -0.05) is 0 Å². The summed E-state index contributed by atoms with van der Waals surface area (Å²) in [6, 6.07) is 2.59. The number of fused-ring (bicyclic) bond motifs is 3. The van der Waals surface area contributed by atoms with Crippen LogP contribution in [0.25, 0.3) is 16.6 Å². The van der Waals surface area contributed by atoms with Crippen molar-refractivity contribution >= 4 is 22.5 Å². The Bertz CT molecular complexity index is 887. The van der Waals surface area contributed by atoms with E-state index >= 15 is 0 Å². The summed E-state index contributed by atoms with van der Waals surface area (Å²) in [7, 11) is 0. The van der Waals surface area contributed by atoms with Crippen LogP contribution in [0.1, 0.15) is 15.9 Å². The molecular formula is C11H6F3N5O2. The molecule has 0 fully saturated rings. The molecule has 0 aliphatic rings. The Balaban J connectivity index is 2.50. The topological polar surface area (TPSA) is 106 Å². The van der Waals surface area contributed by atoms with Crippen molar-refractivity contribution in [2.24, 2.45) is 5.73 Å². The van der Waals surface area contributed by atoms with Crippen molar-refractivity contribution in [3.8, 4) is 5.75 Å². The minimum atomic E-state index is -4.56. The third kappa shape index (κ3) is 1.83. The Labute approximate surface area is 113 Å². The van der Waals surface area contributed by atoms with Crippen molar-refractivity contribution < 1.29 is 23.1 Å². The molecule has 0 unspecified atom stereocenters. The predicted molar refractivity (Wildman–Crippen MR) is 63.5 cm³/mol. The third-order valence-electron chi connectivity index (χ3n) is 2.98. The number of amides is 1. The van der Waals surface area contributed by atoms with Crippen molar-refractivity contribution in [1.29, 1.82) is 0 Å². The molecule has 0 radical (unpaired) electrons. The summed E-state index contributed by atoms with van der Waals surface area (Å²) in [6.45, 7) is 0. The molecular weight excluding hydrogens is 291 g/mol. The minimum absolute atomic E-state index is 0.0170. The smallest absolute Gasteiger partial charge is 0.416 e. The zero-order chi connectivity index (χ0) is 15.4. The first kappa shape index (κ1) is 13.1. The van der Waals surface area contributed by atoms with E-state index in [1.165, 1.54) is 0 Å². The second kappa shape index (κ2) is 4.04. The summed E-state index contributed by atoms with van der Waals surface area (Å²) >= 11 is 0. The number of nitrogens with zero attached hydrogens (tertiary/aromatic N) is 4. The Morgan fingerprint density at radius 1 is 1.33 bits per heavy atom. The van der Waals surface area contributed by atoms with Crippen LogP contribution in [-0.2, 0) is 6.18 Å². The van der Waals surface area contributed by atoms with Gasteiger partial charge in [0.2, 0.25) is 0 Å². The molecule has 2 aromatic heterocycles. The van der Waals surface area contributed by atoms with Gasteiger partial charge in [0.25, 0.3) is 5.91 Å². The number of tetrazole rings is 1. The lowest BCUT2D eigenvalue weighted by Crippen LogP contribution is -2.14. The fraction of sp³-hybridized carbons (Fsp3) is 0.0909. The van der Waals surface area contributed by atoms with Gasteiger partial charge in [-0.25, -0.2) is 0 Å². The number of carbonyl (C=O) groups is 1. The van der Waals surface area contributed by atoms with Gasteiger partial charge in [-0.15, -0.1) is 5.10 Å². The van der Waals surface area contributed by atoms with Gasteiger partial charge in [-0.3, -0.25) is 4.79 Å². The fourth-order valence-electron chi connectivity index (χ4n) is 2.06. The zero-order valence-corrected chi connectivity index (χ0v) is 10.1. The Morgan fingerprint density at radius 3 is 2.67 bits per heavy atom. The zero-order valence-electron chi connectivity index (χ0n) is 10.1. The van der Waals surface area contributed by atoms with Crippen LogP contribution in [0.5, 0.6) is 5.75 Å².